The molecule has 140 valence electrons. The SMILES string of the molecule is CCOC(=O)c1c[nH]n(CC2CCN(C(=O)OC(C)(C)C)CC2)c1=O. The Morgan fingerprint density at radius 3 is 2.48 bits per heavy atom. The van der Waals surface area contributed by atoms with Gasteiger partial charge < -0.3 is 19.5 Å². The van der Waals surface area contributed by atoms with Crippen molar-refractivity contribution in [1.82, 2.24) is 14.7 Å². The van der Waals surface area contributed by atoms with Gasteiger partial charge in [0.05, 0.1) is 6.61 Å². The molecule has 0 aromatic carbocycles. The van der Waals surface area contributed by atoms with E-state index in [-0.39, 0.29) is 29.7 Å². The van der Waals surface area contributed by atoms with E-state index in [4.69, 9.17) is 9.47 Å². The van der Waals surface area contributed by atoms with E-state index in [1.807, 2.05) is 20.8 Å². The molecular weight excluding hydrogens is 326 g/mol. The van der Waals surface area contributed by atoms with Crippen LogP contribution in [0.25, 0.3) is 0 Å². The Labute approximate surface area is 147 Å². The number of rotatable bonds is 4. The minimum Gasteiger partial charge on any atom is -0.462 e. The molecular formula is C17H27N3O5. The van der Waals surface area contributed by atoms with E-state index >= 15 is 0 Å². The second-order valence-corrected chi connectivity index (χ2v) is 7.23. The van der Waals surface area contributed by atoms with Crippen LogP contribution in [-0.2, 0) is 16.0 Å². The molecule has 0 atom stereocenters. The number of amides is 1. The minimum absolute atomic E-state index is 0.0213. The predicted molar refractivity (Wildman–Crippen MR) is 91.5 cm³/mol. The fourth-order valence-corrected chi connectivity index (χ4v) is 2.78. The van der Waals surface area contributed by atoms with Crippen molar-refractivity contribution in [2.75, 3.05) is 19.7 Å². The summed E-state index contributed by atoms with van der Waals surface area (Å²) in [6.07, 6.45) is 2.64. The van der Waals surface area contributed by atoms with Gasteiger partial charge in [0.15, 0.2) is 0 Å². The molecule has 1 saturated heterocycles. The second kappa shape index (κ2) is 7.76. The van der Waals surface area contributed by atoms with Gasteiger partial charge in [-0.25, -0.2) is 9.59 Å². The average molecular weight is 353 g/mol. The Morgan fingerprint density at radius 1 is 1.28 bits per heavy atom. The standard InChI is InChI=1S/C17H27N3O5/c1-5-24-15(22)13-10-18-20(14(13)21)11-12-6-8-19(9-7-12)16(23)25-17(2,3)4/h10,12,18H,5-9,11H2,1-4H3. The van der Waals surface area contributed by atoms with Crippen LogP contribution in [0, 0.1) is 5.92 Å². The van der Waals surface area contributed by atoms with Crippen LogP contribution in [0.4, 0.5) is 4.79 Å². The Hall–Kier alpha value is -2.25. The van der Waals surface area contributed by atoms with Crippen LogP contribution in [-0.4, -0.2) is 52.0 Å². The van der Waals surface area contributed by atoms with Gasteiger partial charge in [0.25, 0.3) is 5.56 Å². The Bertz CT molecular complexity index is 663. The lowest BCUT2D eigenvalue weighted by Gasteiger charge is -2.33. The maximum absolute atomic E-state index is 12.2. The van der Waals surface area contributed by atoms with Gasteiger partial charge in [-0.3, -0.25) is 9.48 Å². The number of carbonyl (C=O) groups excluding carboxylic acids is 2. The van der Waals surface area contributed by atoms with Crippen LogP contribution >= 0.6 is 0 Å². The molecule has 1 aromatic rings. The monoisotopic (exact) mass is 353 g/mol. The Morgan fingerprint density at radius 2 is 1.92 bits per heavy atom. The Kier molecular flexibility index (Phi) is 5.92. The highest BCUT2D eigenvalue weighted by Gasteiger charge is 2.27. The van der Waals surface area contributed by atoms with Crippen molar-refractivity contribution in [2.45, 2.75) is 52.7 Å². The van der Waals surface area contributed by atoms with Crippen molar-refractivity contribution in [1.29, 1.82) is 0 Å². The van der Waals surface area contributed by atoms with Crippen molar-refractivity contribution in [2.24, 2.45) is 5.92 Å². The number of ether oxygens (including phenoxy) is 2. The number of hydrogen-bond acceptors (Lipinski definition) is 5. The van der Waals surface area contributed by atoms with Gasteiger partial charge in [-0.05, 0) is 46.5 Å². The minimum atomic E-state index is -0.609. The highest BCUT2D eigenvalue weighted by atomic mass is 16.6. The van der Waals surface area contributed by atoms with Crippen LogP contribution in [0.1, 0.15) is 50.9 Å². The van der Waals surface area contributed by atoms with Crippen molar-refractivity contribution in [3.8, 4) is 0 Å². The normalized spacial score (nSPS) is 15.9. The van der Waals surface area contributed by atoms with Crippen LogP contribution in [0.2, 0.25) is 0 Å². The summed E-state index contributed by atoms with van der Waals surface area (Å²) in [4.78, 5) is 37.7. The van der Waals surface area contributed by atoms with E-state index in [9.17, 15) is 14.4 Å². The molecule has 0 radical (unpaired) electrons. The Balaban J connectivity index is 1.89. The molecule has 1 N–H and O–H groups in total. The molecule has 1 amide bonds. The predicted octanol–water partition coefficient (Wildman–Crippen LogP) is 2.00. The second-order valence-electron chi connectivity index (χ2n) is 7.23. The number of hydrogen-bond donors (Lipinski definition) is 1. The first-order valence-electron chi connectivity index (χ1n) is 8.64. The van der Waals surface area contributed by atoms with Gasteiger partial charge in [-0.1, -0.05) is 0 Å². The van der Waals surface area contributed by atoms with Gasteiger partial charge in [0, 0.05) is 25.8 Å². The zero-order chi connectivity index (χ0) is 18.6. The summed E-state index contributed by atoms with van der Waals surface area (Å²) in [6.45, 7) is 9.14. The summed E-state index contributed by atoms with van der Waals surface area (Å²) in [7, 11) is 0. The summed E-state index contributed by atoms with van der Waals surface area (Å²) in [5.74, 6) is -0.354. The number of piperidine rings is 1. The third-order valence-electron chi connectivity index (χ3n) is 4.04. The molecule has 8 heteroatoms. The van der Waals surface area contributed by atoms with Gasteiger partial charge >= 0.3 is 12.1 Å². The molecule has 1 aliphatic heterocycles. The van der Waals surface area contributed by atoms with E-state index in [1.54, 1.807) is 11.8 Å². The van der Waals surface area contributed by atoms with E-state index in [0.29, 0.717) is 19.6 Å². The fourth-order valence-electron chi connectivity index (χ4n) is 2.78. The smallest absolute Gasteiger partial charge is 0.410 e. The zero-order valence-electron chi connectivity index (χ0n) is 15.3. The van der Waals surface area contributed by atoms with E-state index in [1.165, 1.54) is 10.9 Å². The first kappa shape index (κ1) is 19.1. The summed E-state index contributed by atoms with van der Waals surface area (Å²) in [5.41, 5.74) is -0.851. The molecule has 8 nitrogen and oxygen atoms in total. The number of nitrogens with zero attached hydrogens (tertiary/aromatic N) is 2. The van der Waals surface area contributed by atoms with Gasteiger partial charge in [-0.2, -0.15) is 0 Å². The largest absolute Gasteiger partial charge is 0.462 e. The first-order chi connectivity index (χ1) is 11.7. The molecule has 0 saturated carbocycles. The van der Waals surface area contributed by atoms with Crippen molar-refractivity contribution in [3.05, 3.63) is 22.1 Å². The summed E-state index contributed by atoms with van der Waals surface area (Å²) < 4.78 is 11.7. The van der Waals surface area contributed by atoms with E-state index in [2.05, 4.69) is 5.10 Å². The average Bonchev–Trinajstić information content (AvgIpc) is 2.87. The molecule has 0 unspecified atom stereocenters. The maximum Gasteiger partial charge on any atom is 0.410 e. The van der Waals surface area contributed by atoms with E-state index < -0.39 is 11.6 Å². The fraction of sp³-hybridized carbons (Fsp3) is 0.706. The molecule has 0 aliphatic carbocycles. The molecule has 2 heterocycles. The topological polar surface area (TPSA) is 93.6 Å². The number of aromatic amines is 1. The van der Waals surface area contributed by atoms with Crippen LogP contribution in [0.3, 0.4) is 0 Å². The lowest BCUT2D eigenvalue weighted by atomic mass is 9.97. The third-order valence-corrected chi connectivity index (χ3v) is 4.04. The molecule has 25 heavy (non-hydrogen) atoms. The first-order valence-corrected chi connectivity index (χ1v) is 8.64. The maximum atomic E-state index is 12.2. The molecule has 1 aliphatic rings. The number of H-pyrrole nitrogens is 1. The molecule has 1 fully saturated rings. The summed E-state index contributed by atoms with van der Waals surface area (Å²) >= 11 is 0. The third kappa shape index (κ3) is 5.11. The van der Waals surface area contributed by atoms with E-state index in [0.717, 1.165) is 12.8 Å². The number of carbonyl (C=O) groups is 2. The quantitative estimate of drug-likeness (QED) is 0.836. The lowest BCUT2D eigenvalue weighted by molar-refractivity contribution is 0.0176. The van der Waals surface area contributed by atoms with Crippen molar-refractivity contribution in [3.63, 3.8) is 0 Å². The molecule has 1 aromatic heterocycles. The van der Waals surface area contributed by atoms with Crippen LogP contribution in [0.15, 0.2) is 11.0 Å². The number of nitrogens with one attached hydrogen (secondary N) is 1. The molecule has 2 rings (SSSR count). The number of aromatic nitrogens is 2. The summed E-state index contributed by atoms with van der Waals surface area (Å²) in [6, 6.07) is 0. The zero-order valence-corrected chi connectivity index (χ0v) is 15.3. The van der Waals surface area contributed by atoms with Gasteiger partial charge in [0.1, 0.15) is 11.2 Å². The molecule has 0 bridgehead atoms. The highest BCUT2D eigenvalue weighted by molar-refractivity contribution is 5.88. The number of likely N-dealkylation sites (tertiary alicyclic amines) is 1. The van der Waals surface area contributed by atoms with Crippen molar-refractivity contribution >= 4 is 12.1 Å². The van der Waals surface area contributed by atoms with Crippen molar-refractivity contribution < 1.29 is 19.1 Å². The van der Waals surface area contributed by atoms with Crippen LogP contribution < -0.4 is 5.56 Å². The van der Waals surface area contributed by atoms with Gasteiger partial charge in [-0.15, -0.1) is 0 Å². The van der Waals surface area contributed by atoms with Crippen LogP contribution in [0.5, 0.6) is 0 Å². The molecule has 0 spiro atoms. The highest BCUT2D eigenvalue weighted by Crippen LogP contribution is 2.20. The lowest BCUT2D eigenvalue weighted by Crippen LogP contribution is -2.42. The van der Waals surface area contributed by atoms with Gasteiger partial charge in [0.2, 0.25) is 0 Å². The number of esters is 1. The summed E-state index contributed by atoms with van der Waals surface area (Å²) in [5, 5.41) is 2.82.